The lowest BCUT2D eigenvalue weighted by Gasteiger charge is -2.30. The maximum Gasteiger partial charge on any atom is 0.410 e. The van der Waals surface area contributed by atoms with E-state index in [4.69, 9.17) is 21.2 Å². The molecule has 1 aromatic carbocycles. The van der Waals surface area contributed by atoms with Crippen LogP contribution in [0.2, 0.25) is 5.02 Å². The van der Waals surface area contributed by atoms with E-state index in [9.17, 15) is 9.59 Å². The van der Waals surface area contributed by atoms with E-state index in [1.807, 2.05) is 20.8 Å². The predicted octanol–water partition coefficient (Wildman–Crippen LogP) is 3.10. The number of nitrogens with one attached hydrogen (secondary N) is 2. The second-order valence-electron chi connectivity index (χ2n) is 8.02. The molecule has 2 aliphatic rings. The molecule has 1 fully saturated rings. The predicted molar refractivity (Wildman–Crippen MR) is 105 cm³/mol. The van der Waals surface area contributed by atoms with Gasteiger partial charge in [-0.2, -0.15) is 0 Å². The molecule has 0 saturated carbocycles. The SMILES string of the molecule is CC(C)(C)OC(=O)N1CCC[C@@H]1CNC(=O)C1(c2cccc(Cl)c2)C=CON1. The highest BCUT2D eigenvalue weighted by Crippen LogP contribution is 2.29. The van der Waals surface area contributed by atoms with E-state index < -0.39 is 11.1 Å². The van der Waals surface area contributed by atoms with Crippen molar-refractivity contribution in [1.82, 2.24) is 15.7 Å². The first-order valence-electron chi connectivity index (χ1n) is 9.36. The van der Waals surface area contributed by atoms with Crippen LogP contribution in [0.15, 0.2) is 36.6 Å². The fourth-order valence-electron chi connectivity index (χ4n) is 3.40. The molecule has 8 heteroatoms. The van der Waals surface area contributed by atoms with Crippen LogP contribution in [-0.4, -0.2) is 41.6 Å². The molecule has 0 radical (unpaired) electrons. The number of carbonyl (C=O) groups is 2. The molecule has 0 aliphatic carbocycles. The first-order chi connectivity index (χ1) is 13.2. The molecular formula is C20H26ClN3O4. The van der Waals surface area contributed by atoms with Crippen LogP contribution < -0.4 is 10.8 Å². The fourth-order valence-corrected chi connectivity index (χ4v) is 3.59. The van der Waals surface area contributed by atoms with Gasteiger partial charge in [-0.15, -0.1) is 5.48 Å². The monoisotopic (exact) mass is 407 g/mol. The number of rotatable bonds is 4. The third kappa shape index (κ3) is 4.42. The Bertz CT molecular complexity index is 777. The molecule has 28 heavy (non-hydrogen) atoms. The molecular weight excluding hydrogens is 382 g/mol. The Labute approximate surface area is 170 Å². The van der Waals surface area contributed by atoms with Crippen molar-refractivity contribution in [2.24, 2.45) is 0 Å². The molecule has 7 nitrogen and oxygen atoms in total. The molecule has 0 bridgehead atoms. The second-order valence-corrected chi connectivity index (χ2v) is 8.46. The number of carbonyl (C=O) groups excluding carboxylic acids is 2. The van der Waals surface area contributed by atoms with E-state index in [0.29, 0.717) is 23.7 Å². The van der Waals surface area contributed by atoms with Gasteiger partial charge in [0.05, 0.1) is 6.04 Å². The standard InChI is InChI=1S/C20H26ClN3O4/c1-19(2,3)28-18(26)24-10-5-8-16(24)13-22-17(25)20(9-11-27-23-20)14-6-4-7-15(21)12-14/h4,6-7,9,11-12,16,23H,5,8,10,13H2,1-3H3,(H,22,25)/t16-,20?/m1/s1. The molecule has 1 saturated heterocycles. The summed E-state index contributed by atoms with van der Waals surface area (Å²) in [6, 6.07) is 6.94. The molecule has 0 aromatic heterocycles. The molecule has 152 valence electrons. The lowest BCUT2D eigenvalue weighted by atomic mass is 9.90. The van der Waals surface area contributed by atoms with Gasteiger partial charge in [-0.05, 0) is 57.4 Å². The third-order valence-electron chi connectivity index (χ3n) is 4.75. The highest BCUT2D eigenvalue weighted by Gasteiger charge is 2.42. The third-order valence-corrected chi connectivity index (χ3v) is 4.98. The zero-order valence-electron chi connectivity index (χ0n) is 16.3. The van der Waals surface area contributed by atoms with Crippen LogP contribution >= 0.6 is 11.6 Å². The van der Waals surface area contributed by atoms with E-state index in [2.05, 4.69) is 10.8 Å². The highest BCUT2D eigenvalue weighted by atomic mass is 35.5. The summed E-state index contributed by atoms with van der Waals surface area (Å²) in [6.45, 7) is 6.46. The van der Waals surface area contributed by atoms with Crippen LogP contribution in [0.25, 0.3) is 0 Å². The Morgan fingerprint density at radius 1 is 1.43 bits per heavy atom. The van der Waals surface area contributed by atoms with Crippen molar-refractivity contribution in [2.45, 2.75) is 50.8 Å². The smallest absolute Gasteiger partial charge is 0.410 e. The van der Waals surface area contributed by atoms with Gasteiger partial charge in [-0.3, -0.25) is 4.79 Å². The van der Waals surface area contributed by atoms with Gasteiger partial charge in [-0.25, -0.2) is 4.79 Å². The first kappa shape index (κ1) is 20.5. The fraction of sp³-hybridized carbons (Fsp3) is 0.500. The number of nitrogens with zero attached hydrogens (tertiary/aromatic N) is 1. The summed E-state index contributed by atoms with van der Waals surface area (Å²) in [5, 5.41) is 3.47. The first-order valence-corrected chi connectivity index (χ1v) is 9.73. The number of amides is 2. The minimum absolute atomic E-state index is 0.110. The van der Waals surface area contributed by atoms with Gasteiger partial charge in [0.25, 0.3) is 5.91 Å². The summed E-state index contributed by atoms with van der Waals surface area (Å²) >= 11 is 6.09. The largest absolute Gasteiger partial charge is 0.444 e. The van der Waals surface area contributed by atoms with Crippen LogP contribution in [0, 0.1) is 0 Å². The number of hydroxylamine groups is 1. The minimum Gasteiger partial charge on any atom is -0.444 e. The van der Waals surface area contributed by atoms with Crippen LogP contribution in [-0.2, 0) is 19.9 Å². The number of benzene rings is 1. The van der Waals surface area contributed by atoms with Crippen molar-refractivity contribution in [1.29, 1.82) is 0 Å². The molecule has 3 rings (SSSR count). The van der Waals surface area contributed by atoms with Crippen molar-refractivity contribution in [3.63, 3.8) is 0 Å². The van der Waals surface area contributed by atoms with Gasteiger partial charge in [-0.1, -0.05) is 23.7 Å². The van der Waals surface area contributed by atoms with Crippen molar-refractivity contribution in [3.05, 3.63) is 47.2 Å². The van der Waals surface area contributed by atoms with E-state index in [1.54, 1.807) is 35.2 Å². The number of hydrogen-bond donors (Lipinski definition) is 2. The number of likely N-dealkylation sites (tertiary alicyclic amines) is 1. The van der Waals surface area contributed by atoms with Gasteiger partial charge in [0, 0.05) is 18.1 Å². The molecule has 2 N–H and O–H groups in total. The maximum absolute atomic E-state index is 13.1. The molecule has 0 spiro atoms. The zero-order valence-corrected chi connectivity index (χ0v) is 17.1. The van der Waals surface area contributed by atoms with Gasteiger partial charge >= 0.3 is 6.09 Å². The molecule has 1 aromatic rings. The topological polar surface area (TPSA) is 79.9 Å². The second kappa shape index (κ2) is 8.01. The minimum atomic E-state index is -1.17. The average molecular weight is 408 g/mol. The van der Waals surface area contributed by atoms with E-state index >= 15 is 0 Å². The number of ether oxygens (including phenoxy) is 1. The Morgan fingerprint density at radius 3 is 2.86 bits per heavy atom. The van der Waals surface area contributed by atoms with Crippen LogP contribution in [0.5, 0.6) is 0 Å². The van der Waals surface area contributed by atoms with Crippen LogP contribution in [0.1, 0.15) is 39.2 Å². The van der Waals surface area contributed by atoms with Gasteiger partial charge < -0.3 is 19.8 Å². The molecule has 2 aliphatic heterocycles. The van der Waals surface area contributed by atoms with E-state index in [1.165, 1.54) is 6.26 Å². The van der Waals surface area contributed by atoms with E-state index in [0.717, 1.165) is 12.8 Å². The summed E-state index contributed by atoms with van der Waals surface area (Å²) in [7, 11) is 0. The summed E-state index contributed by atoms with van der Waals surface area (Å²) in [4.78, 5) is 32.3. The Hall–Kier alpha value is -2.25. The summed E-state index contributed by atoms with van der Waals surface area (Å²) in [5.74, 6) is -0.278. The highest BCUT2D eigenvalue weighted by molar-refractivity contribution is 6.30. The Morgan fingerprint density at radius 2 is 2.21 bits per heavy atom. The van der Waals surface area contributed by atoms with Crippen LogP contribution in [0.4, 0.5) is 4.79 Å². The molecule has 2 amide bonds. The lowest BCUT2D eigenvalue weighted by molar-refractivity contribution is -0.129. The Balaban J connectivity index is 1.68. The van der Waals surface area contributed by atoms with Crippen molar-refractivity contribution < 1.29 is 19.2 Å². The number of hydrogen-bond acceptors (Lipinski definition) is 5. The van der Waals surface area contributed by atoms with Gasteiger partial charge in [0.1, 0.15) is 11.9 Å². The van der Waals surface area contributed by atoms with Crippen molar-refractivity contribution >= 4 is 23.6 Å². The van der Waals surface area contributed by atoms with E-state index in [-0.39, 0.29) is 18.0 Å². The van der Waals surface area contributed by atoms with Crippen molar-refractivity contribution in [2.75, 3.05) is 13.1 Å². The summed E-state index contributed by atoms with van der Waals surface area (Å²) in [6.07, 6.45) is 4.41. The van der Waals surface area contributed by atoms with Gasteiger partial charge in [0.15, 0.2) is 5.54 Å². The quantitative estimate of drug-likeness (QED) is 0.801. The van der Waals surface area contributed by atoms with Crippen molar-refractivity contribution in [3.8, 4) is 0 Å². The molecule has 2 heterocycles. The summed E-state index contributed by atoms with van der Waals surface area (Å²) in [5.41, 5.74) is 1.71. The normalized spacial score (nSPS) is 24.1. The molecule has 1 unspecified atom stereocenters. The average Bonchev–Trinajstić information content (AvgIpc) is 3.28. The number of halogens is 1. The Kier molecular flexibility index (Phi) is 5.86. The zero-order chi connectivity index (χ0) is 20.4. The van der Waals surface area contributed by atoms with Gasteiger partial charge in [0.2, 0.25) is 0 Å². The molecule has 2 atom stereocenters. The van der Waals surface area contributed by atoms with Crippen LogP contribution in [0.3, 0.4) is 0 Å². The summed E-state index contributed by atoms with van der Waals surface area (Å²) < 4.78 is 5.48. The lowest BCUT2D eigenvalue weighted by Crippen LogP contribution is -2.53. The maximum atomic E-state index is 13.1.